The first-order valence-electron chi connectivity index (χ1n) is 5.26. The third kappa shape index (κ3) is 3.80. The Kier molecular flexibility index (Phi) is 3.50. The first kappa shape index (κ1) is 13.1. The zero-order valence-corrected chi connectivity index (χ0v) is 9.52. The summed E-state index contributed by atoms with van der Waals surface area (Å²) in [6.45, 7) is 0. The summed E-state index contributed by atoms with van der Waals surface area (Å²) in [5, 5.41) is 9.49. The summed E-state index contributed by atoms with van der Waals surface area (Å²) in [6.07, 6.45) is -4.76. The fourth-order valence-electron chi connectivity index (χ4n) is 1.41. The van der Waals surface area contributed by atoms with E-state index in [0.29, 0.717) is 0 Å². The van der Waals surface area contributed by atoms with Crippen molar-refractivity contribution in [1.29, 1.82) is 0 Å². The SMILES string of the molecule is Oc1ccccc1Oc1cccc(OC(F)(F)F)c1. The van der Waals surface area contributed by atoms with Crippen LogP contribution in [0.5, 0.6) is 23.0 Å². The van der Waals surface area contributed by atoms with Gasteiger partial charge in [0.15, 0.2) is 11.5 Å². The lowest BCUT2D eigenvalue weighted by molar-refractivity contribution is -0.274. The van der Waals surface area contributed by atoms with Gasteiger partial charge in [-0.2, -0.15) is 0 Å². The van der Waals surface area contributed by atoms with Crippen molar-refractivity contribution in [3.63, 3.8) is 0 Å². The number of ether oxygens (including phenoxy) is 2. The molecule has 0 amide bonds. The van der Waals surface area contributed by atoms with Crippen LogP contribution >= 0.6 is 0 Å². The summed E-state index contributed by atoms with van der Waals surface area (Å²) >= 11 is 0. The maximum absolute atomic E-state index is 12.1. The molecule has 2 aromatic carbocycles. The fourth-order valence-corrected chi connectivity index (χ4v) is 1.41. The molecule has 0 aliphatic rings. The van der Waals surface area contributed by atoms with Crippen LogP contribution in [0.25, 0.3) is 0 Å². The molecule has 1 N–H and O–H groups in total. The van der Waals surface area contributed by atoms with E-state index < -0.39 is 6.36 Å². The molecule has 0 saturated carbocycles. The number of halogens is 3. The first-order valence-corrected chi connectivity index (χ1v) is 5.26. The van der Waals surface area contributed by atoms with Crippen molar-refractivity contribution in [3.05, 3.63) is 48.5 Å². The molecular formula is C13H9F3O3. The summed E-state index contributed by atoms with van der Waals surface area (Å²) in [7, 11) is 0. The minimum atomic E-state index is -4.76. The Labute approximate surface area is 106 Å². The average Bonchev–Trinajstić information content (AvgIpc) is 2.30. The van der Waals surface area contributed by atoms with E-state index >= 15 is 0 Å². The van der Waals surface area contributed by atoms with Crippen molar-refractivity contribution >= 4 is 0 Å². The maximum atomic E-state index is 12.1. The Morgan fingerprint density at radius 2 is 1.58 bits per heavy atom. The molecule has 0 saturated heterocycles. The number of alkyl halides is 3. The Bertz CT molecular complexity index is 567. The Hall–Kier alpha value is -2.37. The molecule has 0 spiro atoms. The predicted molar refractivity (Wildman–Crippen MR) is 61.3 cm³/mol. The van der Waals surface area contributed by atoms with Crippen molar-refractivity contribution < 1.29 is 27.8 Å². The second kappa shape index (κ2) is 5.09. The zero-order valence-electron chi connectivity index (χ0n) is 9.52. The van der Waals surface area contributed by atoms with Gasteiger partial charge in [0.2, 0.25) is 0 Å². The molecule has 0 fully saturated rings. The first-order chi connectivity index (χ1) is 8.94. The minimum absolute atomic E-state index is 0.107. The molecular weight excluding hydrogens is 261 g/mol. The highest BCUT2D eigenvalue weighted by atomic mass is 19.4. The van der Waals surface area contributed by atoms with Gasteiger partial charge in [0.25, 0.3) is 0 Å². The summed E-state index contributed by atoms with van der Waals surface area (Å²) in [5.41, 5.74) is 0. The molecule has 3 nitrogen and oxygen atoms in total. The van der Waals surface area contributed by atoms with Crippen molar-refractivity contribution in [3.8, 4) is 23.0 Å². The summed E-state index contributed by atoms with van der Waals surface area (Å²) in [6, 6.07) is 11.2. The van der Waals surface area contributed by atoms with Crippen LogP contribution in [-0.2, 0) is 0 Å². The van der Waals surface area contributed by atoms with Gasteiger partial charge in [-0.05, 0) is 24.3 Å². The summed E-state index contributed by atoms with van der Waals surface area (Å²) < 4.78 is 45.2. The highest BCUT2D eigenvalue weighted by Crippen LogP contribution is 2.32. The van der Waals surface area contributed by atoms with Crippen molar-refractivity contribution in [2.75, 3.05) is 0 Å². The molecule has 100 valence electrons. The van der Waals surface area contributed by atoms with E-state index in [2.05, 4.69) is 4.74 Å². The van der Waals surface area contributed by atoms with E-state index in [4.69, 9.17) is 4.74 Å². The van der Waals surface area contributed by atoms with Crippen molar-refractivity contribution in [1.82, 2.24) is 0 Å². The normalized spacial score (nSPS) is 11.1. The molecule has 2 aromatic rings. The topological polar surface area (TPSA) is 38.7 Å². The number of para-hydroxylation sites is 2. The van der Waals surface area contributed by atoms with Gasteiger partial charge in [-0.3, -0.25) is 0 Å². The third-order valence-corrected chi connectivity index (χ3v) is 2.13. The molecule has 2 rings (SSSR count). The van der Waals surface area contributed by atoms with Gasteiger partial charge in [0, 0.05) is 6.07 Å². The number of phenolic OH excluding ortho intramolecular Hbond substituents is 1. The Morgan fingerprint density at radius 3 is 2.26 bits per heavy atom. The molecule has 0 aliphatic heterocycles. The van der Waals surface area contributed by atoms with Gasteiger partial charge in [0.1, 0.15) is 11.5 Å². The van der Waals surface area contributed by atoms with Gasteiger partial charge in [-0.1, -0.05) is 18.2 Å². The lowest BCUT2D eigenvalue weighted by atomic mass is 10.3. The minimum Gasteiger partial charge on any atom is -0.504 e. The summed E-state index contributed by atoms with van der Waals surface area (Å²) in [4.78, 5) is 0. The summed E-state index contributed by atoms with van der Waals surface area (Å²) in [5.74, 6) is -0.222. The fraction of sp³-hybridized carbons (Fsp3) is 0.0769. The molecule has 0 aliphatic carbocycles. The highest BCUT2D eigenvalue weighted by Gasteiger charge is 2.31. The third-order valence-electron chi connectivity index (χ3n) is 2.13. The smallest absolute Gasteiger partial charge is 0.504 e. The number of rotatable bonds is 3. The van der Waals surface area contributed by atoms with E-state index in [1.165, 1.54) is 24.3 Å². The van der Waals surface area contributed by atoms with Crippen LogP contribution in [0.4, 0.5) is 13.2 Å². The van der Waals surface area contributed by atoms with Gasteiger partial charge in [-0.15, -0.1) is 13.2 Å². The predicted octanol–water partition coefficient (Wildman–Crippen LogP) is 4.08. The van der Waals surface area contributed by atoms with Gasteiger partial charge >= 0.3 is 6.36 Å². The van der Waals surface area contributed by atoms with E-state index in [0.717, 1.165) is 12.1 Å². The van der Waals surface area contributed by atoms with Crippen LogP contribution in [-0.4, -0.2) is 11.5 Å². The Morgan fingerprint density at radius 1 is 0.895 bits per heavy atom. The van der Waals surface area contributed by atoms with Crippen molar-refractivity contribution in [2.45, 2.75) is 6.36 Å². The van der Waals surface area contributed by atoms with E-state index in [1.54, 1.807) is 12.1 Å². The molecule has 19 heavy (non-hydrogen) atoms. The number of benzene rings is 2. The molecule has 0 unspecified atom stereocenters. The van der Waals surface area contributed by atoms with Gasteiger partial charge < -0.3 is 14.6 Å². The lowest BCUT2D eigenvalue weighted by Gasteiger charge is -2.11. The molecule has 0 heterocycles. The molecule has 6 heteroatoms. The number of aromatic hydroxyl groups is 1. The zero-order chi connectivity index (χ0) is 13.9. The number of hydrogen-bond donors (Lipinski definition) is 1. The van der Waals surface area contributed by atoms with Gasteiger partial charge in [-0.25, -0.2) is 0 Å². The Balaban J connectivity index is 2.18. The van der Waals surface area contributed by atoms with Crippen LogP contribution in [0.15, 0.2) is 48.5 Å². The van der Waals surface area contributed by atoms with Crippen molar-refractivity contribution in [2.24, 2.45) is 0 Å². The number of hydrogen-bond acceptors (Lipinski definition) is 3. The van der Waals surface area contributed by atoms with Crippen LogP contribution in [0.2, 0.25) is 0 Å². The largest absolute Gasteiger partial charge is 0.573 e. The van der Waals surface area contributed by atoms with Gasteiger partial charge in [0.05, 0.1) is 0 Å². The van der Waals surface area contributed by atoms with E-state index in [1.807, 2.05) is 0 Å². The van der Waals surface area contributed by atoms with E-state index in [9.17, 15) is 18.3 Å². The van der Waals surface area contributed by atoms with Crippen LogP contribution in [0.3, 0.4) is 0 Å². The monoisotopic (exact) mass is 270 g/mol. The van der Waals surface area contributed by atoms with Crippen LogP contribution in [0.1, 0.15) is 0 Å². The number of phenols is 1. The molecule has 0 radical (unpaired) electrons. The standard InChI is InChI=1S/C13H9F3O3/c14-13(15,16)19-10-5-3-4-9(8-10)18-12-7-2-1-6-11(12)17/h1-8,17H. The van der Waals surface area contributed by atoms with Crippen LogP contribution in [0, 0.1) is 0 Å². The molecule has 0 bridgehead atoms. The average molecular weight is 270 g/mol. The molecule has 0 atom stereocenters. The highest BCUT2D eigenvalue weighted by molar-refractivity contribution is 5.43. The molecule has 0 aromatic heterocycles. The quantitative estimate of drug-likeness (QED) is 0.913. The second-order valence-electron chi connectivity index (χ2n) is 3.59. The lowest BCUT2D eigenvalue weighted by Crippen LogP contribution is -2.16. The second-order valence-corrected chi connectivity index (χ2v) is 3.59. The van der Waals surface area contributed by atoms with Crippen LogP contribution < -0.4 is 9.47 Å². The van der Waals surface area contributed by atoms with E-state index in [-0.39, 0.29) is 23.0 Å². The maximum Gasteiger partial charge on any atom is 0.573 e.